The zero-order valence-electron chi connectivity index (χ0n) is 14.8. The molecule has 3 rings (SSSR count). The van der Waals surface area contributed by atoms with Crippen LogP contribution in [0.5, 0.6) is 0 Å². The van der Waals surface area contributed by atoms with E-state index in [1.54, 1.807) is 0 Å². The van der Waals surface area contributed by atoms with E-state index in [4.69, 9.17) is 0 Å². The highest BCUT2D eigenvalue weighted by Crippen LogP contribution is 2.36. The van der Waals surface area contributed by atoms with E-state index in [1.165, 1.54) is 30.3 Å². The van der Waals surface area contributed by atoms with Crippen LogP contribution >= 0.6 is 15.9 Å². The third kappa shape index (κ3) is 4.13. The Balaban J connectivity index is 2.41. The first-order valence-corrected chi connectivity index (χ1v) is 11.1. The van der Waals surface area contributed by atoms with Crippen molar-refractivity contribution in [1.82, 2.24) is 4.98 Å². The van der Waals surface area contributed by atoms with Crippen LogP contribution in [0.15, 0.2) is 47.4 Å². The monoisotopic (exact) mass is 487 g/mol. The summed E-state index contributed by atoms with van der Waals surface area (Å²) in [4.78, 5) is 16.2. The third-order valence-corrected chi connectivity index (χ3v) is 5.97. The maximum absolute atomic E-state index is 13.1. The fraction of sp³-hybridized carbons (Fsp3) is 0.158. The van der Waals surface area contributed by atoms with Crippen molar-refractivity contribution in [1.29, 1.82) is 0 Å². The van der Waals surface area contributed by atoms with Crippen LogP contribution in [0.2, 0.25) is 0 Å². The number of fused-ring (bicyclic) bond motifs is 1. The van der Waals surface area contributed by atoms with Crippen molar-refractivity contribution >= 4 is 42.6 Å². The number of rotatable bonds is 4. The second-order valence-corrected chi connectivity index (χ2v) is 8.86. The van der Waals surface area contributed by atoms with E-state index in [9.17, 15) is 31.5 Å². The Morgan fingerprint density at radius 1 is 1.17 bits per heavy atom. The molecule has 0 saturated heterocycles. The van der Waals surface area contributed by atoms with Crippen molar-refractivity contribution in [2.45, 2.75) is 16.4 Å². The first kappa shape index (κ1) is 21.3. The summed E-state index contributed by atoms with van der Waals surface area (Å²) in [5.74, 6) is -1.30. The first-order chi connectivity index (χ1) is 13.4. The van der Waals surface area contributed by atoms with E-state index in [2.05, 4.69) is 20.9 Å². The van der Waals surface area contributed by atoms with E-state index in [0.717, 1.165) is 18.4 Å². The Hall–Kier alpha value is -2.46. The molecule has 0 aliphatic carbocycles. The van der Waals surface area contributed by atoms with Crippen molar-refractivity contribution in [2.75, 3.05) is 6.26 Å². The van der Waals surface area contributed by atoms with Crippen molar-refractivity contribution in [3.63, 3.8) is 0 Å². The fourth-order valence-corrected chi connectivity index (χ4v) is 4.16. The summed E-state index contributed by atoms with van der Waals surface area (Å²) in [7, 11) is -3.59. The Labute approximate surface area is 172 Å². The lowest BCUT2D eigenvalue weighted by Gasteiger charge is -2.15. The molecule has 5 nitrogen and oxygen atoms in total. The SMILES string of the molecule is CS(=O)(=O)c1ccc2c(C(=O)O)c(CBr)c(-c3cccc(C(F)(F)F)c3)nc2c1. The van der Waals surface area contributed by atoms with E-state index < -0.39 is 27.5 Å². The summed E-state index contributed by atoms with van der Waals surface area (Å²) >= 11 is 3.19. The lowest BCUT2D eigenvalue weighted by molar-refractivity contribution is -0.137. The number of carboxylic acids is 1. The number of aromatic nitrogens is 1. The normalized spacial score (nSPS) is 12.3. The summed E-state index contributed by atoms with van der Waals surface area (Å²) in [6.07, 6.45) is -3.59. The smallest absolute Gasteiger partial charge is 0.416 e. The van der Waals surface area contributed by atoms with E-state index in [0.29, 0.717) is 0 Å². The number of aromatic carboxylic acids is 1. The number of halogens is 4. The summed E-state index contributed by atoms with van der Waals surface area (Å²) in [5, 5.41) is 9.95. The van der Waals surface area contributed by atoms with Gasteiger partial charge in [-0.25, -0.2) is 18.2 Å². The van der Waals surface area contributed by atoms with Crippen LogP contribution in [0.3, 0.4) is 0 Å². The van der Waals surface area contributed by atoms with Gasteiger partial charge < -0.3 is 5.11 Å². The molecule has 29 heavy (non-hydrogen) atoms. The van der Waals surface area contributed by atoms with Crippen molar-refractivity contribution in [3.05, 3.63) is 59.2 Å². The molecule has 0 unspecified atom stereocenters. The molecule has 0 spiro atoms. The number of carboxylic acid groups (broad SMARTS) is 1. The van der Waals surface area contributed by atoms with Crippen LogP contribution in [-0.2, 0) is 21.3 Å². The van der Waals surface area contributed by atoms with Gasteiger partial charge >= 0.3 is 12.1 Å². The number of carbonyl (C=O) groups is 1. The van der Waals surface area contributed by atoms with Crippen molar-refractivity contribution in [2.24, 2.45) is 0 Å². The van der Waals surface area contributed by atoms with Gasteiger partial charge in [0.15, 0.2) is 9.84 Å². The van der Waals surface area contributed by atoms with Crippen LogP contribution in [-0.4, -0.2) is 30.7 Å². The summed E-state index contributed by atoms with van der Waals surface area (Å²) in [6.45, 7) is 0. The Morgan fingerprint density at radius 3 is 2.41 bits per heavy atom. The van der Waals surface area contributed by atoms with E-state index >= 15 is 0 Å². The topological polar surface area (TPSA) is 84.3 Å². The van der Waals surface area contributed by atoms with Gasteiger partial charge in [0.1, 0.15) is 0 Å². The minimum Gasteiger partial charge on any atom is -0.478 e. The summed E-state index contributed by atoms with van der Waals surface area (Å²) in [6, 6.07) is 8.20. The molecule has 152 valence electrons. The van der Waals surface area contributed by atoms with Crippen LogP contribution in [0, 0.1) is 0 Å². The minimum absolute atomic E-state index is 0.0248. The lowest BCUT2D eigenvalue weighted by atomic mass is 9.97. The number of pyridine rings is 1. The van der Waals surface area contributed by atoms with E-state index in [1.807, 2.05) is 0 Å². The highest BCUT2D eigenvalue weighted by Gasteiger charge is 2.31. The molecular formula is C19H13BrF3NO4S. The molecule has 0 atom stereocenters. The average molecular weight is 488 g/mol. The molecule has 0 saturated carbocycles. The van der Waals surface area contributed by atoms with Gasteiger partial charge in [-0.15, -0.1) is 0 Å². The van der Waals surface area contributed by atoms with Crippen LogP contribution in [0.1, 0.15) is 21.5 Å². The molecule has 0 bridgehead atoms. The average Bonchev–Trinajstić information content (AvgIpc) is 2.64. The number of sulfone groups is 1. The van der Waals surface area contributed by atoms with Gasteiger partial charge in [-0.3, -0.25) is 0 Å². The zero-order chi connectivity index (χ0) is 21.6. The van der Waals surface area contributed by atoms with Crippen LogP contribution in [0.4, 0.5) is 13.2 Å². The minimum atomic E-state index is -4.58. The predicted octanol–water partition coefficient (Wildman–Crippen LogP) is 4.92. The van der Waals surface area contributed by atoms with E-state index in [-0.39, 0.29) is 43.5 Å². The first-order valence-electron chi connectivity index (χ1n) is 8.07. The van der Waals surface area contributed by atoms with Gasteiger partial charge in [-0.1, -0.05) is 34.1 Å². The van der Waals surface area contributed by atoms with Gasteiger partial charge in [0.2, 0.25) is 0 Å². The third-order valence-electron chi connectivity index (χ3n) is 4.30. The molecule has 10 heteroatoms. The maximum Gasteiger partial charge on any atom is 0.416 e. The number of benzene rings is 2. The standard InChI is InChI=1S/C19H13BrF3NO4S/c1-29(27,28)12-5-6-13-15(8-12)24-17(14(9-20)16(13)18(25)26)10-3-2-4-11(7-10)19(21,22)23/h2-8H,9H2,1H3,(H,25,26). The fourth-order valence-electron chi connectivity index (χ4n) is 2.97. The van der Waals surface area contributed by atoms with Gasteiger partial charge in [-0.2, -0.15) is 13.2 Å². The maximum atomic E-state index is 13.1. The molecule has 0 aliphatic rings. The molecule has 0 amide bonds. The summed E-state index contributed by atoms with van der Waals surface area (Å²) < 4.78 is 63.1. The van der Waals surface area contributed by atoms with Gasteiger partial charge in [0, 0.05) is 28.1 Å². The number of hydrogen-bond acceptors (Lipinski definition) is 4. The molecule has 0 fully saturated rings. The number of alkyl halides is 4. The summed E-state index contributed by atoms with van der Waals surface area (Å²) in [5.41, 5.74) is -0.704. The molecule has 1 N–H and O–H groups in total. The predicted molar refractivity (Wildman–Crippen MR) is 105 cm³/mol. The Bertz CT molecular complexity index is 1240. The molecular weight excluding hydrogens is 475 g/mol. The molecule has 0 aliphatic heterocycles. The van der Waals surface area contributed by atoms with Gasteiger partial charge in [0.25, 0.3) is 0 Å². The molecule has 1 aromatic heterocycles. The highest BCUT2D eigenvalue weighted by molar-refractivity contribution is 9.08. The number of nitrogens with zero attached hydrogens (tertiary/aromatic N) is 1. The Morgan fingerprint density at radius 2 is 1.86 bits per heavy atom. The lowest BCUT2D eigenvalue weighted by Crippen LogP contribution is -2.08. The highest BCUT2D eigenvalue weighted by atomic mass is 79.9. The van der Waals surface area contributed by atoms with Crippen LogP contribution in [0.25, 0.3) is 22.2 Å². The van der Waals surface area contributed by atoms with Crippen molar-refractivity contribution in [3.8, 4) is 11.3 Å². The van der Waals surface area contributed by atoms with Crippen molar-refractivity contribution < 1.29 is 31.5 Å². The number of hydrogen-bond donors (Lipinski definition) is 1. The zero-order valence-corrected chi connectivity index (χ0v) is 17.2. The second kappa shape index (κ2) is 7.42. The second-order valence-electron chi connectivity index (χ2n) is 6.28. The molecule has 3 aromatic rings. The quantitative estimate of drug-likeness (QED) is 0.528. The van der Waals surface area contributed by atoms with Gasteiger partial charge in [0.05, 0.1) is 27.2 Å². The molecule has 2 aromatic carbocycles. The van der Waals surface area contributed by atoms with Crippen LogP contribution < -0.4 is 0 Å². The molecule has 1 heterocycles. The molecule has 0 radical (unpaired) electrons. The largest absolute Gasteiger partial charge is 0.478 e. The van der Waals surface area contributed by atoms with Gasteiger partial charge in [-0.05, 0) is 24.3 Å². The Kier molecular flexibility index (Phi) is 5.44.